The number of piperazine rings is 1. The molecule has 0 radical (unpaired) electrons. The SMILES string of the molecule is O=C(c1ccccc1)c1ccc(OCCCCN2CCN3CCCCC3C2)cc1. The minimum atomic E-state index is 0.0511. The Balaban J connectivity index is 1.15. The molecular formula is C25H32N2O2. The zero-order chi connectivity index (χ0) is 19.9. The molecule has 0 bridgehead atoms. The lowest BCUT2D eigenvalue weighted by atomic mass is 9.99. The van der Waals surface area contributed by atoms with Crippen LogP contribution in [-0.4, -0.2) is 61.0 Å². The standard InChI is InChI=1S/C25H32N2O2/c28-25(21-8-2-1-3-9-21)22-11-13-24(14-12-22)29-19-7-6-15-26-17-18-27-16-5-4-10-23(27)20-26/h1-3,8-9,11-14,23H,4-7,10,15-20H2. The summed E-state index contributed by atoms with van der Waals surface area (Å²) in [7, 11) is 0. The predicted molar refractivity (Wildman–Crippen MR) is 117 cm³/mol. The molecule has 0 spiro atoms. The first-order valence-corrected chi connectivity index (χ1v) is 11.1. The fourth-order valence-electron chi connectivity index (χ4n) is 4.51. The van der Waals surface area contributed by atoms with Crippen molar-refractivity contribution in [2.75, 3.05) is 39.3 Å². The Morgan fingerprint density at radius 2 is 1.69 bits per heavy atom. The first-order chi connectivity index (χ1) is 14.3. The predicted octanol–water partition coefficient (Wildman–Crippen LogP) is 4.25. The summed E-state index contributed by atoms with van der Waals surface area (Å²) in [5.41, 5.74) is 1.42. The first kappa shape index (κ1) is 20.1. The number of hydrogen-bond donors (Lipinski definition) is 0. The van der Waals surface area contributed by atoms with E-state index < -0.39 is 0 Å². The maximum atomic E-state index is 12.4. The lowest BCUT2D eigenvalue weighted by Gasteiger charge is -2.44. The average molecular weight is 393 g/mol. The molecule has 0 amide bonds. The minimum Gasteiger partial charge on any atom is -0.494 e. The number of carbonyl (C=O) groups is 1. The average Bonchev–Trinajstić information content (AvgIpc) is 2.79. The molecule has 2 aliphatic rings. The monoisotopic (exact) mass is 392 g/mol. The Kier molecular flexibility index (Phi) is 6.96. The van der Waals surface area contributed by atoms with Crippen LogP contribution in [0.4, 0.5) is 0 Å². The normalized spacial score (nSPS) is 20.2. The van der Waals surface area contributed by atoms with Crippen LogP contribution >= 0.6 is 0 Å². The first-order valence-electron chi connectivity index (χ1n) is 11.1. The molecule has 2 fully saturated rings. The number of fused-ring (bicyclic) bond motifs is 1. The molecule has 4 rings (SSSR count). The summed E-state index contributed by atoms with van der Waals surface area (Å²) in [4.78, 5) is 17.8. The van der Waals surface area contributed by atoms with E-state index in [1.807, 2.05) is 54.6 Å². The lowest BCUT2D eigenvalue weighted by molar-refractivity contribution is 0.0482. The summed E-state index contributed by atoms with van der Waals surface area (Å²) in [5, 5.41) is 0. The summed E-state index contributed by atoms with van der Waals surface area (Å²) < 4.78 is 5.88. The van der Waals surface area contributed by atoms with Crippen molar-refractivity contribution in [3.63, 3.8) is 0 Å². The third-order valence-electron chi connectivity index (χ3n) is 6.21. The maximum absolute atomic E-state index is 12.4. The molecule has 0 aliphatic carbocycles. The number of unbranched alkanes of at least 4 members (excludes halogenated alkanes) is 1. The van der Waals surface area contributed by atoms with Gasteiger partial charge in [0.15, 0.2) is 5.78 Å². The number of ether oxygens (including phenoxy) is 1. The van der Waals surface area contributed by atoms with Crippen LogP contribution in [-0.2, 0) is 0 Å². The molecule has 4 nitrogen and oxygen atoms in total. The van der Waals surface area contributed by atoms with E-state index in [0.717, 1.165) is 30.4 Å². The Morgan fingerprint density at radius 1 is 0.897 bits per heavy atom. The Hall–Kier alpha value is -2.17. The number of benzene rings is 2. The molecule has 154 valence electrons. The van der Waals surface area contributed by atoms with Crippen LogP contribution in [0, 0.1) is 0 Å². The number of nitrogens with zero attached hydrogens (tertiary/aromatic N) is 2. The summed E-state index contributed by atoms with van der Waals surface area (Å²) in [6, 6.07) is 17.7. The van der Waals surface area contributed by atoms with Gasteiger partial charge in [0.2, 0.25) is 0 Å². The van der Waals surface area contributed by atoms with E-state index in [-0.39, 0.29) is 5.78 Å². The summed E-state index contributed by atoms with van der Waals surface area (Å²) in [5.74, 6) is 0.889. The lowest BCUT2D eigenvalue weighted by Crippen LogP contribution is -2.54. The fourth-order valence-corrected chi connectivity index (χ4v) is 4.51. The second kappa shape index (κ2) is 10.0. The van der Waals surface area contributed by atoms with Crippen LogP contribution in [0.15, 0.2) is 54.6 Å². The molecule has 0 saturated carbocycles. The van der Waals surface area contributed by atoms with Crippen molar-refractivity contribution in [1.29, 1.82) is 0 Å². The van der Waals surface area contributed by atoms with Crippen molar-refractivity contribution in [3.05, 3.63) is 65.7 Å². The van der Waals surface area contributed by atoms with Gasteiger partial charge in [0, 0.05) is 36.8 Å². The summed E-state index contributed by atoms with van der Waals surface area (Å²) in [6.07, 6.45) is 6.41. The van der Waals surface area contributed by atoms with E-state index in [0.29, 0.717) is 5.56 Å². The van der Waals surface area contributed by atoms with E-state index in [2.05, 4.69) is 9.80 Å². The van der Waals surface area contributed by atoms with Crippen molar-refractivity contribution in [2.24, 2.45) is 0 Å². The molecular weight excluding hydrogens is 360 g/mol. The fraction of sp³-hybridized carbons (Fsp3) is 0.480. The van der Waals surface area contributed by atoms with Crippen molar-refractivity contribution in [1.82, 2.24) is 9.80 Å². The minimum absolute atomic E-state index is 0.0511. The van der Waals surface area contributed by atoms with Gasteiger partial charge in [-0.05, 0) is 63.0 Å². The molecule has 2 aromatic carbocycles. The number of carbonyl (C=O) groups excluding carboxylic acids is 1. The molecule has 4 heteroatoms. The Bertz CT molecular complexity index is 775. The smallest absolute Gasteiger partial charge is 0.193 e. The van der Waals surface area contributed by atoms with Gasteiger partial charge < -0.3 is 9.64 Å². The highest BCUT2D eigenvalue weighted by Crippen LogP contribution is 2.21. The molecule has 1 atom stereocenters. The highest BCUT2D eigenvalue weighted by Gasteiger charge is 2.28. The molecule has 2 aromatic rings. The molecule has 0 aromatic heterocycles. The van der Waals surface area contributed by atoms with Crippen molar-refractivity contribution < 1.29 is 9.53 Å². The van der Waals surface area contributed by atoms with Gasteiger partial charge in [-0.15, -0.1) is 0 Å². The Labute approximate surface area is 174 Å². The van der Waals surface area contributed by atoms with E-state index >= 15 is 0 Å². The third kappa shape index (κ3) is 5.46. The zero-order valence-electron chi connectivity index (χ0n) is 17.3. The second-order valence-electron chi connectivity index (χ2n) is 8.26. The van der Waals surface area contributed by atoms with E-state index in [4.69, 9.17) is 4.74 Å². The number of rotatable bonds is 8. The van der Waals surface area contributed by atoms with Crippen LogP contribution in [0.1, 0.15) is 48.0 Å². The third-order valence-corrected chi connectivity index (χ3v) is 6.21. The van der Waals surface area contributed by atoms with Crippen LogP contribution in [0.2, 0.25) is 0 Å². The van der Waals surface area contributed by atoms with Crippen LogP contribution < -0.4 is 4.74 Å². The van der Waals surface area contributed by atoms with Crippen molar-refractivity contribution in [3.8, 4) is 5.75 Å². The van der Waals surface area contributed by atoms with Gasteiger partial charge in [-0.3, -0.25) is 9.69 Å². The van der Waals surface area contributed by atoms with Crippen LogP contribution in [0.5, 0.6) is 5.75 Å². The molecule has 2 saturated heterocycles. The maximum Gasteiger partial charge on any atom is 0.193 e. The highest BCUT2D eigenvalue weighted by atomic mass is 16.5. The number of ketones is 1. The van der Waals surface area contributed by atoms with Gasteiger partial charge in [-0.25, -0.2) is 0 Å². The van der Waals surface area contributed by atoms with Gasteiger partial charge in [-0.1, -0.05) is 36.8 Å². The van der Waals surface area contributed by atoms with Gasteiger partial charge in [0.05, 0.1) is 6.61 Å². The van der Waals surface area contributed by atoms with Gasteiger partial charge >= 0.3 is 0 Å². The van der Waals surface area contributed by atoms with Crippen LogP contribution in [0.25, 0.3) is 0 Å². The number of hydrogen-bond acceptors (Lipinski definition) is 4. The van der Waals surface area contributed by atoms with Crippen molar-refractivity contribution >= 4 is 5.78 Å². The van der Waals surface area contributed by atoms with Crippen LogP contribution in [0.3, 0.4) is 0 Å². The second-order valence-corrected chi connectivity index (χ2v) is 8.26. The molecule has 2 heterocycles. The largest absolute Gasteiger partial charge is 0.494 e. The molecule has 29 heavy (non-hydrogen) atoms. The quantitative estimate of drug-likeness (QED) is 0.497. The van der Waals surface area contributed by atoms with Gasteiger partial charge in [0.25, 0.3) is 0 Å². The summed E-state index contributed by atoms with van der Waals surface area (Å²) in [6.45, 7) is 6.93. The molecule has 2 aliphatic heterocycles. The molecule has 0 N–H and O–H groups in total. The van der Waals surface area contributed by atoms with E-state index in [9.17, 15) is 4.79 Å². The van der Waals surface area contributed by atoms with E-state index in [1.54, 1.807) is 0 Å². The van der Waals surface area contributed by atoms with Gasteiger partial charge in [-0.2, -0.15) is 0 Å². The summed E-state index contributed by atoms with van der Waals surface area (Å²) >= 11 is 0. The molecule has 1 unspecified atom stereocenters. The van der Waals surface area contributed by atoms with Gasteiger partial charge in [0.1, 0.15) is 5.75 Å². The highest BCUT2D eigenvalue weighted by molar-refractivity contribution is 6.08. The zero-order valence-corrected chi connectivity index (χ0v) is 17.3. The Morgan fingerprint density at radius 3 is 2.52 bits per heavy atom. The van der Waals surface area contributed by atoms with Crippen molar-refractivity contribution in [2.45, 2.75) is 38.1 Å². The topological polar surface area (TPSA) is 32.8 Å². The number of piperidine rings is 1. The van der Waals surface area contributed by atoms with E-state index in [1.165, 1.54) is 58.4 Å².